The van der Waals surface area contributed by atoms with Crippen molar-refractivity contribution >= 4 is 5.69 Å². The van der Waals surface area contributed by atoms with E-state index >= 15 is 0 Å². The minimum Gasteiger partial charge on any atom is -0.383 e. The minimum atomic E-state index is 0.756. The van der Waals surface area contributed by atoms with Gasteiger partial charge in [0.25, 0.3) is 0 Å². The molecule has 0 radical (unpaired) electrons. The molecule has 1 aromatic carbocycles. The highest BCUT2D eigenvalue weighted by atomic mass is 15.2. The largest absolute Gasteiger partial charge is 0.383 e. The number of fused-ring (bicyclic) bond motifs is 2. The fourth-order valence-corrected chi connectivity index (χ4v) is 2.78. The van der Waals surface area contributed by atoms with Crippen molar-refractivity contribution in [3.63, 3.8) is 0 Å². The Bertz CT molecular complexity index is 348. The summed E-state index contributed by atoms with van der Waals surface area (Å²) < 4.78 is 0. The van der Waals surface area contributed by atoms with Crippen molar-refractivity contribution in [3.8, 4) is 0 Å². The van der Waals surface area contributed by atoms with Crippen molar-refractivity contribution in [3.05, 3.63) is 29.8 Å². The van der Waals surface area contributed by atoms with E-state index in [1.807, 2.05) is 0 Å². The number of piperidine rings is 1. The van der Waals surface area contributed by atoms with Crippen LogP contribution < -0.4 is 5.32 Å². The average molecular weight is 202 g/mol. The number of benzene rings is 1. The van der Waals surface area contributed by atoms with E-state index in [0.717, 1.165) is 19.1 Å². The molecule has 0 unspecified atom stereocenters. The smallest absolute Gasteiger partial charge is 0.0386 e. The molecule has 2 heteroatoms. The first-order chi connectivity index (χ1) is 7.43. The van der Waals surface area contributed by atoms with Gasteiger partial charge in [0, 0.05) is 24.8 Å². The van der Waals surface area contributed by atoms with E-state index in [0.29, 0.717) is 0 Å². The molecule has 1 saturated heterocycles. The Kier molecular flexibility index (Phi) is 2.37. The van der Waals surface area contributed by atoms with Crippen LogP contribution >= 0.6 is 0 Å². The normalized spacial score (nSPS) is 26.0. The predicted molar refractivity (Wildman–Crippen MR) is 63.0 cm³/mol. The van der Waals surface area contributed by atoms with E-state index in [-0.39, 0.29) is 0 Å². The molecule has 2 aliphatic rings. The summed E-state index contributed by atoms with van der Waals surface area (Å²) in [5.41, 5.74) is 2.80. The zero-order chi connectivity index (χ0) is 10.1. The maximum atomic E-state index is 3.58. The Morgan fingerprint density at radius 2 is 2.13 bits per heavy atom. The lowest BCUT2D eigenvalue weighted by atomic mass is 10.0. The molecule has 0 saturated carbocycles. The summed E-state index contributed by atoms with van der Waals surface area (Å²) >= 11 is 0. The van der Waals surface area contributed by atoms with Crippen LogP contribution in [0, 0.1) is 0 Å². The second-order valence-electron chi connectivity index (χ2n) is 4.66. The van der Waals surface area contributed by atoms with Crippen LogP contribution in [-0.2, 0) is 6.54 Å². The van der Waals surface area contributed by atoms with E-state index in [2.05, 4.69) is 34.5 Å². The summed E-state index contributed by atoms with van der Waals surface area (Å²) in [4.78, 5) is 2.64. The quantitative estimate of drug-likeness (QED) is 0.695. The molecule has 80 valence electrons. The van der Waals surface area contributed by atoms with Gasteiger partial charge in [-0.05, 0) is 31.0 Å². The molecule has 0 spiro atoms. The van der Waals surface area contributed by atoms with Crippen LogP contribution in [0.25, 0.3) is 0 Å². The molecule has 1 aromatic rings. The number of hydrogen-bond acceptors (Lipinski definition) is 2. The molecule has 15 heavy (non-hydrogen) atoms. The Hall–Kier alpha value is -1.02. The lowest BCUT2D eigenvalue weighted by Crippen LogP contribution is -2.41. The topological polar surface area (TPSA) is 15.3 Å². The summed E-state index contributed by atoms with van der Waals surface area (Å²) in [6.07, 6.45) is 4.14. The van der Waals surface area contributed by atoms with Gasteiger partial charge in [-0.1, -0.05) is 24.6 Å². The van der Waals surface area contributed by atoms with Gasteiger partial charge < -0.3 is 5.32 Å². The van der Waals surface area contributed by atoms with Gasteiger partial charge in [-0.25, -0.2) is 0 Å². The van der Waals surface area contributed by atoms with E-state index < -0.39 is 0 Å². The molecule has 0 bridgehead atoms. The van der Waals surface area contributed by atoms with E-state index in [1.54, 1.807) is 0 Å². The summed E-state index contributed by atoms with van der Waals surface area (Å²) in [7, 11) is 0. The third-order valence-electron chi connectivity index (χ3n) is 3.67. The van der Waals surface area contributed by atoms with Gasteiger partial charge in [0.1, 0.15) is 0 Å². The van der Waals surface area contributed by atoms with E-state index in [9.17, 15) is 0 Å². The van der Waals surface area contributed by atoms with Gasteiger partial charge in [0.15, 0.2) is 0 Å². The number of rotatable bonds is 0. The van der Waals surface area contributed by atoms with Gasteiger partial charge in [0.05, 0.1) is 0 Å². The third-order valence-corrected chi connectivity index (χ3v) is 3.67. The molecule has 2 aliphatic heterocycles. The first kappa shape index (κ1) is 9.22. The first-order valence-electron chi connectivity index (χ1n) is 5.99. The van der Waals surface area contributed by atoms with Gasteiger partial charge in [-0.3, -0.25) is 4.90 Å². The third kappa shape index (κ3) is 1.74. The molecular formula is C13H18N2. The fraction of sp³-hybridized carbons (Fsp3) is 0.538. The van der Waals surface area contributed by atoms with Crippen LogP contribution in [0.5, 0.6) is 0 Å². The number of anilines is 1. The maximum absolute atomic E-state index is 3.58. The molecule has 2 nitrogen and oxygen atoms in total. The highest BCUT2D eigenvalue weighted by Crippen LogP contribution is 2.26. The average Bonchev–Trinajstić information content (AvgIpc) is 2.48. The van der Waals surface area contributed by atoms with Crippen molar-refractivity contribution in [1.82, 2.24) is 4.90 Å². The zero-order valence-corrected chi connectivity index (χ0v) is 9.08. The van der Waals surface area contributed by atoms with Crippen LogP contribution in [0.4, 0.5) is 5.69 Å². The Labute approximate surface area is 91.3 Å². The molecule has 0 aromatic heterocycles. The number of para-hydroxylation sites is 1. The van der Waals surface area contributed by atoms with Gasteiger partial charge in [-0.15, -0.1) is 0 Å². The lowest BCUT2D eigenvalue weighted by molar-refractivity contribution is 0.151. The molecule has 1 N–H and O–H groups in total. The van der Waals surface area contributed by atoms with Crippen LogP contribution in [0.1, 0.15) is 24.8 Å². The monoisotopic (exact) mass is 202 g/mol. The molecular weight excluding hydrogens is 184 g/mol. The Morgan fingerprint density at radius 3 is 3.13 bits per heavy atom. The minimum absolute atomic E-state index is 0.756. The maximum Gasteiger partial charge on any atom is 0.0386 e. The summed E-state index contributed by atoms with van der Waals surface area (Å²) in [5, 5.41) is 3.58. The molecule has 0 aliphatic carbocycles. The summed E-state index contributed by atoms with van der Waals surface area (Å²) in [5.74, 6) is 0. The molecule has 2 heterocycles. The number of hydrogen-bond donors (Lipinski definition) is 1. The Balaban J connectivity index is 1.88. The van der Waals surface area contributed by atoms with Gasteiger partial charge in [-0.2, -0.15) is 0 Å². The zero-order valence-electron chi connectivity index (χ0n) is 9.08. The van der Waals surface area contributed by atoms with Crippen LogP contribution in [0.2, 0.25) is 0 Å². The van der Waals surface area contributed by atoms with Crippen LogP contribution in [0.15, 0.2) is 24.3 Å². The van der Waals surface area contributed by atoms with Crippen molar-refractivity contribution < 1.29 is 0 Å². The summed E-state index contributed by atoms with van der Waals surface area (Å²) in [6.45, 7) is 3.53. The molecule has 3 rings (SSSR count). The fourth-order valence-electron chi connectivity index (χ4n) is 2.78. The highest BCUT2D eigenvalue weighted by Gasteiger charge is 2.25. The standard InChI is InChI=1S/C13H18N2/c1-2-7-13-11(5-1)10-15-8-4-3-6-12(15)9-14-13/h1-2,5,7,12,14H,3-4,6,8-10H2/t12-/m1/s1. The predicted octanol–water partition coefficient (Wildman–Crippen LogP) is 2.47. The number of nitrogens with zero attached hydrogens (tertiary/aromatic N) is 1. The van der Waals surface area contributed by atoms with Crippen molar-refractivity contribution in [2.75, 3.05) is 18.4 Å². The van der Waals surface area contributed by atoms with Crippen molar-refractivity contribution in [1.29, 1.82) is 0 Å². The first-order valence-corrected chi connectivity index (χ1v) is 5.99. The van der Waals surface area contributed by atoms with Crippen LogP contribution in [0.3, 0.4) is 0 Å². The second-order valence-corrected chi connectivity index (χ2v) is 4.66. The highest BCUT2D eigenvalue weighted by molar-refractivity contribution is 5.51. The molecule has 0 amide bonds. The second kappa shape index (κ2) is 3.86. The molecule has 1 atom stereocenters. The SMILES string of the molecule is c1ccc2c(c1)CN1CCCC[C@@H]1CN2. The van der Waals surface area contributed by atoms with Crippen molar-refractivity contribution in [2.45, 2.75) is 31.8 Å². The van der Waals surface area contributed by atoms with E-state index in [4.69, 9.17) is 0 Å². The molecule has 1 fully saturated rings. The summed E-state index contributed by atoms with van der Waals surface area (Å²) in [6, 6.07) is 9.47. The van der Waals surface area contributed by atoms with Gasteiger partial charge in [0.2, 0.25) is 0 Å². The van der Waals surface area contributed by atoms with Crippen molar-refractivity contribution in [2.24, 2.45) is 0 Å². The Morgan fingerprint density at radius 1 is 1.20 bits per heavy atom. The van der Waals surface area contributed by atoms with Gasteiger partial charge >= 0.3 is 0 Å². The van der Waals surface area contributed by atoms with E-state index in [1.165, 1.54) is 37.1 Å². The number of nitrogens with one attached hydrogen (secondary N) is 1. The lowest BCUT2D eigenvalue weighted by Gasteiger charge is -2.33. The van der Waals surface area contributed by atoms with Crippen LogP contribution in [-0.4, -0.2) is 24.0 Å².